The molecule has 1 fully saturated rings. The molecule has 7 heteroatoms. The van der Waals surface area contributed by atoms with Crippen molar-refractivity contribution in [2.75, 3.05) is 5.32 Å². The highest BCUT2D eigenvalue weighted by Crippen LogP contribution is 2.37. The van der Waals surface area contributed by atoms with Crippen LogP contribution in [-0.2, 0) is 0 Å². The second-order valence-electron chi connectivity index (χ2n) is 5.39. The van der Waals surface area contributed by atoms with Crippen LogP contribution in [0.2, 0.25) is 0 Å². The Hall–Kier alpha value is -1.79. The first-order valence-corrected chi connectivity index (χ1v) is 6.91. The Bertz CT molecular complexity index is 504. The molecule has 2 unspecified atom stereocenters. The fourth-order valence-corrected chi connectivity index (χ4v) is 2.58. The van der Waals surface area contributed by atoms with Gasteiger partial charge in [0.2, 0.25) is 0 Å². The molecule has 2 rings (SSSR count). The predicted octanol–water partition coefficient (Wildman–Crippen LogP) is 3.63. The van der Waals surface area contributed by atoms with Crippen LogP contribution < -0.4 is 10.6 Å². The summed E-state index contributed by atoms with van der Waals surface area (Å²) in [5.41, 5.74) is 1.40. The Morgan fingerprint density at radius 2 is 2.14 bits per heavy atom. The number of anilines is 1. The molecule has 1 aliphatic rings. The number of halogens is 3. The highest BCUT2D eigenvalue weighted by atomic mass is 19.4. The maximum atomic E-state index is 12.7. The van der Waals surface area contributed by atoms with E-state index in [2.05, 4.69) is 15.6 Å². The van der Waals surface area contributed by atoms with Gasteiger partial charge in [-0.25, -0.2) is 4.79 Å². The number of alkyl halides is 3. The lowest BCUT2D eigenvalue weighted by Crippen LogP contribution is -2.43. The second kappa shape index (κ2) is 6.32. The molecule has 0 aromatic carbocycles. The summed E-state index contributed by atoms with van der Waals surface area (Å²) in [5.74, 6) is -1.32. The van der Waals surface area contributed by atoms with Gasteiger partial charge in [-0.2, -0.15) is 13.2 Å². The van der Waals surface area contributed by atoms with Gasteiger partial charge in [0, 0.05) is 24.1 Å². The van der Waals surface area contributed by atoms with E-state index >= 15 is 0 Å². The lowest BCUT2D eigenvalue weighted by molar-refractivity contribution is -0.183. The highest BCUT2D eigenvalue weighted by Gasteiger charge is 2.42. The molecule has 0 bridgehead atoms. The molecule has 2 N–H and O–H groups in total. The van der Waals surface area contributed by atoms with Crippen LogP contribution in [0.4, 0.5) is 23.7 Å². The third-order valence-electron chi connectivity index (χ3n) is 3.74. The van der Waals surface area contributed by atoms with Crippen LogP contribution in [0.3, 0.4) is 0 Å². The van der Waals surface area contributed by atoms with Gasteiger partial charge in [0.25, 0.3) is 0 Å². The van der Waals surface area contributed by atoms with Crippen LogP contribution in [0.15, 0.2) is 18.5 Å². The number of hydrogen-bond donors (Lipinski definition) is 2. The summed E-state index contributed by atoms with van der Waals surface area (Å²) >= 11 is 0. The molecule has 2 amide bonds. The Morgan fingerprint density at radius 1 is 1.38 bits per heavy atom. The molecule has 21 heavy (non-hydrogen) atoms. The number of amides is 2. The van der Waals surface area contributed by atoms with Crippen LogP contribution in [0.25, 0.3) is 0 Å². The number of nitrogens with one attached hydrogen (secondary N) is 2. The van der Waals surface area contributed by atoms with Gasteiger partial charge in [-0.05, 0) is 37.8 Å². The van der Waals surface area contributed by atoms with E-state index in [1.807, 2.05) is 0 Å². The molecule has 1 heterocycles. The summed E-state index contributed by atoms with van der Waals surface area (Å²) in [6.07, 6.45) is 0.120. The average Bonchev–Trinajstić information content (AvgIpc) is 2.41. The molecule has 116 valence electrons. The number of carbonyl (C=O) groups is 1. The van der Waals surface area contributed by atoms with E-state index in [1.165, 1.54) is 0 Å². The van der Waals surface area contributed by atoms with Crippen molar-refractivity contribution in [3.05, 3.63) is 24.0 Å². The van der Waals surface area contributed by atoms with E-state index in [9.17, 15) is 18.0 Å². The lowest BCUT2D eigenvalue weighted by Gasteiger charge is -2.31. The molecule has 0 aliphatic heterocycles. The van der Waals surface area contributed by atoms with Gasteiger partial charge < -0.3 is 10.6 Å². The summed E-state index contributed by atoms with van der Waals surface area (Å²) in [4.78, 5) is 15.8. The number of pyridine rings is 1. The van der Waals surface area contributed by atoms with E-state index in [0.29, 0.717) is 18.5 Å². The normalized spacial score (nSPS) is 22.7. The van der Waals surface area contributed by atoms with Crippen LogP contribution in [0, 0.1) is 12.8 Å². The minimum Gasteiger partial charge on any atom is -0.335 e. The molecule has 1 aliphatic carbocycles. The van der Waals surface area contributed by atoms with Crippen molar-refractivity contribution >= 4 is 11.7 Å². The first-order valence-electron chi connectivity index (χ1n) is 6.91. The van der Waals surface area contributed by atoms with Crippen molar-refractivity contribution in [3.8, 4) is 0 Å². The minimum atomic E-state index is -4.18. The van der Waals surface area contributed by atoms with Crippen molar-refractivity contribution in [2.24, 2.45) is 5.92 Å². The molecule has 4 nitrogen and oxygen atoms in total. The molecule has 0 radical (unpaired) electrons. The molecule has 2 atom stereocenters. The Kier molecular flexibility index (Phi) is 4.69. The second-order valence-corrected chi connectivity index (χ2v) is 5.39. The first kappa shape index (κ1) is 15.6. The van der Waals surface area contributed by atoms with E-state index in [1.54, 1.807) is 25.4 Å². The Balaban J connectivity index is 1.89. The number of aromatic nitrogens is 1. The van der Waals surface area contributed by atoms with Gasteiger partial charge >= 0.3 is 12.2 Å². The molecular formula is C14H18F3N3O. The molecule has 1 aromatic heterocycles. The highest BCUT2D eigenvalue weighted by molar-refractivity contribution is 5.90. The van der Waals surface area contributed by atoms with E-state index in [-0.39, 0.29) is 12.8 Å². The summed E-state index contributed by atoms with van der Waals surface area (Å²) in [7, 11) is 0. The summed E-state index contributed by atoms with van der Waals surface area (Å²) in [5, 5.41) is 5.27. The van der Waals surface area contributed by atoms with Gasteiger partial charge in [0.15, 0.2) is 0 Å². The lowest BCUT2D eigenvalue weighted by atomic mass is 9.85. The van der Waals surface area contributed by atoms with Crippen molar-refractivity contribution < 1.29 is 18.0 Å². The SMILES string of the molecule is Cc1cnccc1NC(=O)NC1CCCC(C(F)(F)F)C1. The van der Waals surface area contributed by atoms with E-state index in [4.69, 9.17) is 0 Å². The third kappa shape index (κ3) is 4.34. The summed E-state index contributed by atoms with van der Waals surface area (Å²) < 4.78 is 38.1. The van der Waals surface area contributed by atoms with Crippen LogP contribution in [0.5, 0.6) is 0 Å². The number of nitrogens with zero attached hydrogens (tertiary/aromatic N) is 1. The molecule has 0 spiro atoms. The zero-order valence-corrected chi connectivity index (χ0v) is 11.7. The van der Waals surface area contributed by atoms with Crippen LogP contribution >= 0.6 is 0 Å². The standard InChI is InChI=1S/C14H18F3N3O/c1-9-8-18-6-5-12(9)20-13(21)19-11-4-2-3-10(7-11)14(15,16)17/h5-6,8,10-11H,2-4,7H2,1H3,(H2,18,19,20,21). The van der Waals surface area contributed by atoms with Crippen LogP contribution in [-0.4, -0.2) is 23.2 Å². The molecule has 1 saturated carbocycles. The minimum absolute atomic E-state index is 0.0494. The van der Waals surface area contributed by atoms with E-state index < -0.39 is 24.2 Å². The van der Waals surface area contributed by atoms with Gasteiger partial charge in [0.05, 0.1) is 5.92 Å². The number of urea groups is 1. The quantitative estimate of drug-likeness (QED) is 0.876. The number of aryl methyl sites for hydroxylation is 1. The zero-order chi connectivity index (χ0) is 15.5. The Morgan fingerprint density at radius 3 is 2.81 bits per heavy atom. The van der Waals surface area contributed by atoms with Crippen molar-refractivity contribution in [1.29, 1.82) is 0 Å². The third-order valence-corrected chi connectivity index (χ3v) is 3.74. The number of hydrogen-bond acceptors (Lipinski definition) is 2. The molecule has 0 saturated heterocycles. The summed E-state index contributed by atoms with van der Waals surface area (Å²) in [6.45, 7) is 1.79. The first-order chi connectivity index (χ1) is 9.86. The zero-order valence-electron chi connectivity index (χ0n) is 11.7. The maximum Gasteiger partial charge on any atom is 0.391 e. The van der Waals surface area contributed by atoms with Crippen LogP contribution in [0.1, 0.15) is 31.2 Å². The monoisotopic (exact) mass is 301 g/mol. The van der Waals surface area contributed by atoms with Gasteiger partial charge in [0.1, 0.15) is 0 Å². The van der Waals surface area contributed by atoms with Crippen molar-refractivity contribution in [3.63, 3.8) is 0 Å². The molecule has 1 aromatic rings. The molecular weight excluding hydrogens is 283 g/mol. The maximum absolute atomic E-state index is 12.7. The largest absolute Gasteiger partial charge is 0.391 e. The smallest absolute Gasteiger partial charge is 0.335 e. The fraction of sp³-hybridized carbons (Fsp3) is 0.571. The van der Waals surface area contributed by atoms with Gasteiger partial charge in [-0.1, -0.05) is 6.42 Å². The Labute approximate surface area is 121 Å². The number of carbonyl (C=O) groups excluding carboxylic acids is 1. The fourth-order valence-electron chi connectivity index (χ4n) is 2.58. The van der Waals surface area contributed by atoms with Crippen molar-refractivity contribution in [1.82, 2.24) is 10.3 Å². The van der Waals surface area contributed by atoms with E-state index in [0.717, 1.165) is 5.56 Å². The summed E-state index contributed by atoms with van der Waals surface area (Å²) in [6, 6.07) is 0.735. The van der Waals surface area contributed by atoms with Gasteiger partial charge in [-0.3, -0.25) is 4.98 Å². The topological polar surface area (TPSA) is 54.0 Å². The van der Waals surface area contributed by atoms with Crippen molar-refractivity contribution in [2.45, 2.75) is 44.8 Å². The number of rotatable bonds is 2. The predicted molar refractivity (Wildman–Crippen MR) is 72.9 cm³/mol. The van der Waals surface area contributed by atoms with Gasteiger partial charge in [-0.15, -0.1) is 0 Å². The average molecular weight is 301 g/mol.